The number of alkyl carbamates (subject to hydrolysis) is 1. The van der Waals surface area contributed by atoms with Crippen LogP contribution in [0, 0.1) is 5.92 Å². The third-order valence-electron chi connectivity index (χ3n) is 5.23. The second-order valence-electron chi connectivity index (χ2n) is 6.89. The molecule has 4 heterocycles. The summed E-state index contributed by atoms with van der Waals surface area (Å²) in [6.07, 6.45) is 2.86. The first-order chi connectivity index (χ1) is 12.0. The van der Waals surface area contributed by atoms with Gasteiger partial charge in [0.05, 0.1) is 10.4 Å². The fourth-order valence-corrected chi connectivity index (χ4v) is 4.72. The van der Waals surface area contributed by atoms with Crippen LogP contribution in [0.1, 0.15) is 29.4 Å². The summed E-state index contributed by atoms with van der Waals surface area (Å²) in [5.74, 6) is 0.254. The predicted octanol–water partition coefficient (Wildman–Crippen LogP) is 1.94. The number of aromatic nitrogens is 1. The lowest BCUT2D eigenvalue weighted by atomic mass is 9.80. The largest absolute Gasteiger partial charge is 0.447 e. The van der Waals surface area contributed by atoms with Gasteiger partial charge in [-0.25, -0.2) is 4.79 Å². The summed E-state index contributed by atoms with van der Waals surface area (Å²) in [5, 5.41) is 3.70. The number of hydrogen-bond donors (Lipinski definition) is 2. The standard InChI is InChI=1S/C17H19N3O4S/c1-17(9-24-16(23)19-17)11-3-6-20(7-4-11)15(22)12-8-10-2-5-18-14(21)13(10)25-12/h2,5,8,11H,3-4,6-7,9H2,1H3,(H,18,21)(H,19,23). The number of cyclic esters (lactones) is 1. The molecule has 7 nitrogen and oxygen atoms in total. The van der Waals surface area contributed by atoms with E-state index in [0.29, 0.717) is 29.3 Å². The minimum absolute atomic E-state index is 0.0316. The molecule has 0 aliphatic carbocycles. The number of H-pyrrole nitrogens is 1. The minimum Gasteiger partial charge on any atom is -0.447 e. The van der Waals surface area contributed by atoms with E-state index in [4.69, 9.17) is 4.74 Å². The monoisotopic (exact) mass is 361 g/mol. The number of ether oxygens (including phenoxy) is 1. The van der Waals surface area contributed by atoms with Crippen LogP contribution in [0.5, 0.6) is 0 Å². The Morgan fingerprint density at radius 3 is 2.76 bits per heavy atom. The molecule has 0 aromatic carbocycles. The Morgan fingerprint density at radius 1 is 1.36 bits per heavy atom. The van der Waals surface area contributed by atoms with Gasteiger partial charge in [-0.1, -0.05) is 0 Å². The van der Waals surface area contributed by atoms with Crippen molar-refractivity contribution in [1.29, 1.82) is 0 Å². The summed E-state index contributed by atoms with van der Waals surface area (Å²) in [4.78, 5) is 41.0. The van der Waals surface area contributed by atoms with Crippen molar-refractivity contribution >= 4 is 33.4 Å². The smallest absolute Gasteiger partial charge is 0.407 e. The Hall–Kier alpha value is -2.35. The molecule has 0 bridgehead atoms. The maximum Gasteiger partial charge on any atom is 0.407 e. The molecule has 0 radical (unpaired) electrons. The minimum atomic E-state index is -0.364. The third-order valence-corrected chi connectivity index (χ3v) is 6.37. The van der Waals surface area contributed by atoms with E-state index in [0.717, 1.165) is 18.2 Å². The zero-order chi connectivity index (χ0) is 17.6. The summed E-state index contributed by atoms with van der Waals surface area (Å²) in [6.45, 7) is 3.65. The second-order valence-corrected chi connectivity index (χ2v) is 7.94. The van der Waals surface area contributed by atoms with E-state index in [2.05, 4.69) is 10.3 Å². The van der Waals surface area contributed by atoms with E-state index >= 15 is 0 Å². The van der Waals surface area contributed by atoms with Gasteiger partial charge in [-0.2, -0.15) is 0 Å². The van der Waals surface area contributed by atoms with Gasteiger partial charge in [-0.15, -0.1) is 11.3 Å². The molecule has 132 valence electrons. The molecule has 2 N–H and O–H groups in total. The second kappa shape index (κ2) is 5.87. The normalized spacial score (nSPS) is 24.4. The molecule has 0 saturated carbocycles. The van der Waals surface area contributed by atoms with Crippen molar-refractivity contribution in [3.8, 4) is 0 Å². The summed E-state index contributed by atoms with van der Waals surface area (Å²) in [7, 11) is 0. The van der Waals surface area contributed by atoms with E-state index in [9.17, 15) is 14.4 Å². The van der Waals surface area contributed by atoms with Crippen LogP contribution in [0.2, 0.25) is 0 Å². The Kier molecular flexibility index (Phi) is 3.79. The summed E-state index contributed by atoms with van der Waals surface area (Å²) >= 11 is 1.24. The Morgan fingerprint density at radius 2 is 2.12 bits per heavy atom. The van der Waals surface area contributed by atoms with E-state index in [-0.39, 0.29) is 29.0 Å². The van der Waals surface area contributed by atoms with Crippen molar-refractivity contribution in [2.24, 2.45) is 5.92 Å². The van der Waals surface area contributed by atoms with Gasteiger partial charge in [-0.3, -0.25) is 9.59 Å². The van der Waals surface area contributed by atoms with Crippen molar-refractivity contribution in [3.63, 3.8) is 0 Å². The number of thiophene rings is 1. The predicted molar refractivity (Wildman–Crippen MR) is 94.0 cm³/mol. The zero-order valence-corrected chi connectivity index (χ0v) is 14.6. The number of aromatic amines is 1. The number of carbonyl (C=O) groups excluding carboxylic acids is 2. The van der Waals surface area contributed by atoms with Crippen LogP contribution in [0.25, 0.3) is 10.1 Å². The maximum atomic E-state index is 12.8. The van der Waals surface area contributed by atoms with Crippen LogP contribution in [0.3, 0.4) is 0 Å². The van der Waals surface area contributed by atoms with E-state index in [1.165, 1.54) is 11.3 Å². The van der Waals surface area contributed by atoms with Gasteiger partial charge in [0.1, 0.15) is 11.3 Å². The van der Waals surface area contributed by atoms with Gasteiger partial charge in [0.2, 0.25) is 0 Å². The summed E-state index contributed by atoms with van der Waals surface area (Å²) in [5.41, 5.74) is -0.512. The quantitative estimate of drug-likeness (QED) is 0.855. The average molecular weight is 361 g/mol. The van der Waals surface area contributed by atoms with E-state index in [1.807, 2.05) is 11.8 Å². The van der Waals surface area contributed by atoms with Gasteiger partial charge in [0, 0.05) is 24.7 Å². The highest BCUT2D eigenvalue weighted by molar-refractivity contribution is 7.20. The molecule has 2 saturated heterocycles. The number of nitrogens with zero attached hydrogens (tertiary/aromatic N) is 1. The van der Waals surface area contributed by atoms with Gasteiger partial charge in [-0.05, 0) is 37.8 Å². The van der Waals surface area contributed by atoms with Gasteiger partial charge in [0.15, 0.2) is 0 Å². The summed E-state index contributed by atoms with van der Waals surface area (Å²) < 4.78 is 5.63. The highest BCUT2D eigenvalue weighted by Gasteiger charge is 2.43. The number of fused-ring (bicyclic) bond motifs is 1. The highest BCUT2D eigenvalue weighted by Crippen LogP contribution is 2.32. The van der Waals surface area contributed by atoms with Gasteiger partial charge < -0.3 is 19.9 Å². The van der Waals surface area contributed by atoms with Crippen molar-refractivity contribution in [2.75, 3.05) is 19.7 Å². The SMILES string of the molecule is CC1(C2CCN(C(=O)c3cc4cc[nH]c(=O)c4s3)CC2)COC(=O)N1. The molecule has 0 spiro atoms. The number of pyridine rings is 1. The first-order valence-corrected chi connectivity index (χ1v) is 9.13. The Labute approximate surface area is 148 Å². The lowest BCUT2D eigenvalue weighted by molar-refractivity contribution is 0.0628. The molecule has 2 amide bonds. The molecule has 2 aromatic heterocycles. The molecule has 2 aromatic rings. The number of nitrogens with one attached hydrogen (secondary N) is 2. The molecule has 2 aliphatic heterocycles. The fourth-order valence-electron chi connectivity index (χ4n) is 3.70. The number of rotatable bonds is 2. The average Bonchev–Trinajstić information content (AvgIpc) is 3.19. The highest BCUT2D eigenvalue weighted by atomic mass is 32.1. The van der Waals surface area contributed by atoms with Gasteiger partial charge in [0.25, 0.3) is 11.5 Å². The van der Waals surface area contributed by atoms with Crippen LogP contribution in [0.4, 0.5) is 4.79 Å². The van der Waals surface area contributed by atoms with Crippen molar-refractivity contribution in [1.82, 2.24) is 15.2 Å². The number of likely N-dealkylation sites (tertiary alicyclic amines) is 1. The first-order valence-electron chi connectivity index (χ1n) is 8.32. The number of carbonyl (C=O) groups is 2. The first kappa shape index (κ1) is 16.1. The zero-order valence-electron chi connectivity index (χ0n) is 13.8. The molecule has 25 heavy (non-hydrogen) atoms. The Balaban J connectivity index is 1.46. The molecular weight excluding hydrogens is 342 g/mol. The van der Waals surface area contributed by atoms with E-state index in [1.54, 1.807) is 18.3 Å². The summed E-state index contributed by atoms with van der Waals surface area (Å²) in [6, 6.07) is 3.59. The molecule has 2 aliphatic rings. The maximum absolute atomic E-state index is 12.8. The molecule has 4 rings (SSSR count). The molecule has 1 unspecified atom stereocenters. The number of hydrogen-bond acceptors (Lipinski definition) is 5. The fraction of sp³-hybridized carbons (Fsp3) is 0.471. The molecule has 2 fully saturated rings. The van der Waals surface area contributed by atoms with Crippen molar-refractivity contribution in [2.45, 2.75) is 25.3 Å². The molecule has 8 heteroatoms. The topological polar surface area (TPSA) is 91.5 Å². The third kappa shape index (κ3) is 2.80. The van der Waals surface area contributed by atoms with Crippen LogP contribution in [-0.2, 0) is 4.74 Å². The molecule has 1 atom stereocenters. The van der Waals surface area contributed by atoms with Crippen LogP contribution < -0.4 is 10.9 Å². The van der Waals surface area contributed by atoms with Crippen LogP contribution in [0.15, 0.2) is 23.1 Å². The lowest BCUT2D eigenvalue weighted by Gasteiger charge is -2.39. The van der Waals surface area contributed by atoms with Gasteiger partial charge >= 0.3 is 6.09 Å². The number of piperidine rings is 1. The van der Waals surface area contributed by atoms with E-state index < -0.39 is 0 Å². The van der Waals surface area contributed by atoms with Crippen molar-refractivity contribution in [3.05, 3.63) is 33.6 Å². The lowest BCUT2D eigenvalue weighted by Crippen LogP contribution is -2.52. The number of amides is 2. The van der Waals surface area contributed by atoms with Crippen LogP contribution in [-0.4, -0.2) is 47.1 Å². The van der Waals surface area contributed by atoms with Crippen molar-refractivity contribution < 1.29 is 14.3 Å². The Bertz CT molecular complexity index is 897. The van der Waals surface area contributed by atoms with Crippen LogP contribution >= 0.6 is 11.3 Å². The molecular formula is C17H19N3O4S.